The molecule has 0 bridgehead atoms. The minimum Gasteiger partial charge on any atom is -0.487 e. The fourth-order valence-corrected chi connectivity index (χ4v) is 5.76. The number of alkyl halides is 3. The van der Waals surface area contributed by atoms with Gasteiger partial charge in [0.15, 0.2) is 0 Å². The largest absolute Gasteiger partial charge is 0.487 e. The highest BCUT2D eigenvalue weighted by Crippen LogP contribution is 2.43. The Morgan fingerprint density at radius 2 is 1.55 bits per heavy atom. The SMILES string of the molecule is CC(C)(C)OC(=O)N1CCN(C(=O)C(c2ccc(OCc3ccc(C(F)(F)F)cc3)c(Cl)c2)C2(O)CCCCC2)CC1. The van der Waals surface area contributed by atoms with Gasteiger partial charge < -0.3 is 24.4 Å². The third-order valence-corrected chi connectivity index (χ3v) is 8.01. The average Bonchev–Trinajstić information content (AvgIpc) is 2.92. The van der Waals surface area contributed by atoms with Crippen LogP contribution >= 0.6 is 11.6 Å². The van der Waals surface area contributed by atoms with Crippen molar-refractivity contribution < 1.29 is 37.3 Å². The standard InChI is InChI=1S/C31H38ClF3N2O5/c1-29(2,3)42-28(39)37-17-15-36(16-18-37)27(38)26(30(40)13-5-4-6-14-30)22-9-12-25(24(32)19-22)41-20-21-7-10-23(11-8-21)31(33,34)35/h7-12,19,26,40H,4-6,13-18,20H2,1-3H3. The summed E-state index contributed by atoms with van der Waals surface area (Å²) in [5.41, 5.74) is -1.50. The van der Waals surface area contributed by atoms with Crippen LogP contribution in [0.1, 0.15) is 75.5 Å². The summed E-state index contributed by atoms with van der Waals surface area (Å²) < 4.78 is 49.8. The smallest absolute Gasteiger partial charge is 0.416 e. The van der Waals surface area contributed by atoms with Gasteiger partial charge >= 0.3 is 12.3 Å². The molecule has 42 heavy (non-hydrogen) atoms. The maximum absolute atomic E-state index is 14.0. The van der Waals surface area contributed by atoms with Crippen molar-refractivity contribution in [3.8, 4) is 5.75 Å². The molecule has 1 N–H and O–H groups in total. The van der Waals surface area contributed by atoms with Gasteiger partial charge in [0.25, 0.3) is 0 Å². The first-order valence-electron chi connectivity index (χ1n) is 14.2. The first-order chi connectivity index (χ1) is 19.7. The highest BCUT2D eigenvalue weighted by molar-refractivity contribution is 6.32. The van der Waals surface area contributed by atoms with Crippen LogP contribution in [0.4, 0.5) is 18.0 Å². The van der Waals surface area contributed by atoms with Gasteiger partial charge in [0.05, 0.1) is 22.1 Å². The van der Waals surface area contributed by atoms with E-state index < -0.39 is 35.0 Å². The van der Waals surface area contributed by atoms with Crippen molar-refractivity contribution in [2.75, 3.05) is 26.2 Å². The lowest BCUT2D eigenvalue weighted by Gasteiger charge is -2.43. The molecule has 2 aromatic rings. The third kappa shape index (κ3) is 7.89. The van der Waals surface area contributed by atoms with Crippen molar-refractivity contribution in [3.05, 3.63) is 64.2 Å². The monoisotopic (exact) mass is 610 g/mol. The Labute approximate surface area is 249 Å². The second-order valence-electron chi connectivity index (χ2n) is 12.1. The molecule has 1 saturated heterocycles. The molecule has 2 aliphatic rings. The molecule has 0 radical (unpaired) electrons. The number of carbonyl (C=O) groups excluding carboxylic acids is 2. The van der Waals surface area contributed by atoms with E-state index in [9.17, 15) is 27.9 Å². The van der Waals surface area contributed by atoms with Crippen LogP contribution in [-0.2, 0) is 22.3 Å². The number of halogens is 4. The topological polar surface area (TPSA) is 79.3 Å². The van der Waals surface area contributed by atoms with Crippen LogP contribution in [0, 0.1) is 0 Å². The Kier molecular flexibility index (Phi) is 9.67. The van der Waals surface area contributed by atoms with E-state index in [-0.39, 0.29) is 17.5 Å². The predicted molar refractivity (Wildman–Crippen MR) is 152 cm³/mol. The van der Waals surface area contributed by atoms with Crippen LogP contribution < -0.4 is 4.74 Å². The maximum atomic E-state index is 14.0. The van der Waals surface area contributed by atoms with Crippen molar-refractivity contribution >= 4 is 23.6 Å². The molecule has 2 amide bonds. The second kappa shape index (κ2) is 12.7. The molecule has 2 aromatic carbocycles. The van der Waals surface area contributed by atoms with Gasteiger partial charge in [0, 0.05) is 26.2 Å². The van der Waals surface area contributed by atoms with Crippen molar-refractivity contribution in [1.29, 1.82) is 0 Å². The summed E-state index contributed by atoms with van der Waals surface area (Å²) in [7, 11) is 0. The van der Waals surface area contributed by atoms with Gasteiger partial charge in [-0.15, -0.1) is 0 Å². The van der Waals surface area contributed by atoms with E-state index in [2.05, 4.69) is 0 Å². The molecule has 4 rings (SSSR count). The molecule has 1 aliphatic heterocycles. The first-order valence-corrected chi connectivity index (χ1v) is 14.6. The van der Waals surface area contributed by atoms with Crippen LogP contribution in [0.3, 0.4) is 0 Å². The fraction of sp³-hybridized carbons (Fsp3) is 0.548. The minimum absolute atomic E-state index is 0.00538. The predicted octanol–water partition coefficient (Wildman–Crippen LogP) is 6.80. The summed E-state index contributed by atoms with van der Waals surface area (Å²) in [6.07, 6.45) is -1.30. The Morgan fingerprint density at radius 1 is 0.952 bits per heavy atom. The summed E-state index contributed by atoms with van der Waals surface area (Å²) in [4.78, 5) is 29.8. The zero-order valence-corrected chi connectivity index (χ0v) is 24.9. The van der Waals surface area contributed by atoms with Gasteiger partial charge in [-0.05, 0) is 69.0 Å². The van der Waals surface area contributed by atoms with Crippen molar-refractivity contribution in [2.24, 2.45) is 0 Å². The molecule has 230 valence electrons. The van der Waals surface area contributed by atoms with E-state index in [4.69, 9.17) is 21.1 Å². The van der Waals surface area contributed by atoms with E-state index in [1.54, 1.807) is 48.8 Å². The lowest BCUT2D eigenvalue weighted by molar-refractivity contribution is -0.143. The normalized spacial score (nSPS) is 18.4. The van der Waals surface area contributed by atoms with Crippen LogP contribution in [0.15, 0.2) is 42.5 Å². The molecular formula is C31H38ClF3N2O5. The fourth-order valence-electron chi connectivity index (χ4n) is 5.52. The quantitative estimate of drug-likeness (QED) is 0.389. The number of ether oxygens (including phenoxy) is 2. The van der Waals surface area contributed by atoms with Crippen molar-refractivity contribution in [1.82, 2.24) is 9.80 Å². The number of hydrogen-bond acceptors (Lipinski definition) is 5. The minimum atomic E-state index is -4.42. The molecule has 2 fully saturated rings. The lowest BCUT2D eigenvalue weighted by atomic mass is 9.72. The molecule has 0 aromatic heterocycles. The van der Waals surface area contributed by atoms with Crippen molar-refractivity contribution in [2.45, 2.75) is 82.8 Å². The summed E-state index contributed by atoms with van der Waals surface area (Å²) in [5, 5.41) is 12.0. The van der Waals surface area contributed by atoms with Crippen LogP contribution in [0.2, 0.25) is 5.02 Å². The second-order valence-corrected chi connectivity index (χ2v) is 12.5. The van der Waals surface area contributed by atoms with E-state index >= 15 is 0 Å². The highest BCUT2D eigenvalue weighted by Gasteiger charge is 2.45. The molecule has 1 atom stereocenters. The van der Waals surface area contributed by atoms with E-state index in [1.807, 2.05) is 0 Å². The molecule has 1 aliphatic carbocycles. The number of benzene rings is 2. The average molecular weight is 611 g/mol. The Morgan fingerprint density at radius 3 is 2.10 bits per heavy atom. The number of piperazine rings is 1. The molecule has 0 spiro atoms. The third-order valence-electron chi connectivity index (χ3n) is 7.71. The highest BCUT2D eigenvalue weighted by atomic mass is 35.5. The van der Waals surface area contributed by atoms with Gasteiger partial charge in [0.2, 0.25) is 5.91 Å². The zero-order valence-electron chi connectivity index (χ0n) is 24.2. The van der Waals surface area contributed by atoms with Gasteiger partial charge in [-0.25, -0.2) is 4.79 Å². The number of amides is 2. The Bertz CT molecular complexity index is 1250. The van der Waals surface area contributed by atoms with Crippen LogP contribution in [-0.4, -0.2) is 64.3 Å². The molecule has 1 unspecified atom stereocenters. The maximum Gasteiger partial charge on any atom is 0.416 e. The molecule has 11 heteroatoms. The summed E-state index contributed by atoms with van der Waals surface area (Å²) in [6, 6.07) is 9.64. The number of hydrogen-bond donors (Lipinski definition) is 1. The van der Waals surface area contributed by atoms with Gasteiger partial charge in [-0.2, -0.15) is 13.2 Å². The van der Waals surface area contributed by atoms with Gasteiger partial charge in [-0.3, -0.25) is 4.79 Å². The van der Waals surface area contributed by atoms with Crippen LogP contribution in [0.25, 0.3) is 0 Å². The molecule has 7 nitrogen and oxygen atoms in total. The number of carbonyl (C=O) groups is 2. The summed E-state index contributed by atoms with van der Waals surface area (Å²) in [5.74, 6) is -0.766. The van der Waals surface area contributed by atoms with E-state index in [1.165, 1.54) is 12.1 Å². The first kappa shape index (κ1) is 31.9. The van der Waals surface area contributed by atoms with Gasteiger partial charge in [0.1, 0.15) is 18.0 Å². The zero-order chi connectivity index (χ0) is 30.7. The Hall–Kier alpha value is -2.98. The molecule has 1 saturated carbocycles. The van der Waals surface area contributed by atoms with Crippen molar-refractivity contribution in [3.63, 3.8) is 0 Å². The summed E-state index contributed by atoms with van der Waals surface area (Å²) in [6.45, 7) is 6.68. The molecule has 1 heterocycles. The van der Waals surface area contributed by atoms with Gasteiger partial charge in [-0.1, -0.05) is 49.1 Å². The van der Waals surface area contributed by atoms with Crippen LogP contribution in [0.5, 0.6) is 5.75 Å². The number of aliphatic hydroxyl groups is 1. The Balaban J connectivity index is 1.49. The van der Waals surface area contributed by atoms with E-state index in [0.29, 0.717) is 55.9 Å². The summed E-state index contributed by atoms with van der Waals surface area (Å²) >= 11 is 6.57. The lowest BCUT2D eigenvalue weighted by Crippen LogP contribution is -2.55. The van der Waals surface area contributed by atoms with E-state index in [0.717, 1.165) is 31.4 Å². The number of rotatable bonds is 6. The number of nitrogens with zero attached hydrogens (tertiary/aromatic N) is 2. The molecular weight excluding hydrogens is 573 g/mol.